The van der Waals surface area contributed by atoms with Crippen molar-refractivity contribution in [3.63, 3.8) is 0 Å². The third-order valence-electron chi connectivity index (χ3n) is 3.16. The van der Waals surface area contributed by atoms with Crippen molar-refractivity contribution in [3.8, 4) is 0 Å². The number of hydrogen-bond donors (Lipinski definition) is 3. The van der Waals surface area contributed by atoms with Gasteiger partial charge in [-0.05, 0) is 37.1 Å². The van der Waals surface area contributed by atoms with Gasteiger partial charge in [0.15, 0.2) is 0 Å². The summed E-state index contributed by atoms with van der Waals surface area (Å²) in [5.41, 5.74) is 7.35. The fourth-order valence-electron chi connectivity index (χ4n) is 1.99. The molecular formula is C15H25N3O2. The predicted molar refractivity (Wildman–Crippen MR) is 80.6 cm³/mol. The lowest BCUT2D eigenvalue weighted by atomic mass is 10.1. The van der Waals surface area contributed by atoms with E-state index in [1.54, 1.807) is 14.2 Å². The van der Waals surface area contributed by atoms with Crippen molar-refractivity contribution >= 4 is 5.91 Å². The second-order valence-corrected chi connectivity index (χ2v) is 4.74. The SMILES string of the molecule is CNC(=O)c1ccc(CNC(CCCN)COC)cc1. The third kappa shape index (κ3) is 5.69. The number of methoxy groups -OCH3 is 1. The van der Waals surface area contributed by atoms with E-state index in [1.807, 2.05) is 24.3 Å². The maximum atomic E-state index is 11.4. The van der Waals surface area contributed by atoms with Crippen LogP contribution in [0.4, 0.5) is 0 Å². The summed E-state index contributed by atoms with van der Waals surface area (Å²) in [6.07, 6.45) is 1.98. The summed E-state index contributed by atoms with van der Waals surface area (Å²) < 4.78 is 5.20. The number of carbonyl (C=O) groups excluding carboxylic acids is 1. The number of nitrogens with one attached hydrogen (secondary N) is 2. The molecule has 5 heteroatoms. The van der Waals surface area contributed by atoms with Crippen LogP contribution < -0.4 is 16.4 Å². The quantitative estimate of drug-likeness (QED) is 0.627. The van der Waals surface area contributed by atoms with Gasteiger partial charge in [-0.2, -0.15) is 0 Å². The Hall–Kier alpha value is -1.43. The fourth-order valence-corrected chi connectivity index (χ4v) is 1.99. The number of carbonyl (C=O) groups is 1. The lowest BCUT2D eigenvalue weighted by Crippen LogP contribution is -2.33. The molecule has 4 N–H and O–H groups in total. The van der Waals surface area contributed by atoms with Crippen LogP contribution in [0.3, 0.4) is 0 Å². The smallest absolute Gasteiger partial charge is 0.251 e. The minimum absolute atomic E-state index is 0.0651. The second-order valence-electron chi connectivity index (χ2n) is 4.74. The molecule has 5 nitrogen and oxygen atoms in total. The van der Waals surface area contributed by atoms with Gasteiger partial charge in [0.25, 0.3) is 5.91 Å². The van der Waals surface area contributed by atoms with Gasteiger partial charge in [-0.15, -0.1) is 0 Å². The van der Waals surface area contributed by atoms with Gasteiger partial charge in [0, 0.05) is 32.3 Å². The summed E-state index contributed by atoms with van der Waals surface area (Å²) in [5, 5.41) is 6.06. The number of benzene rings is 1. The zero-order chi connectivity index (χ0) is 14.8. The van der Waals surface area contributed by atoms with Gasteiger partial charge in [0.05, 0.1) is 6.61 Å². The summed E-state index contributed by atoms with van der Waals surface area (Å²) in [4.78, 5) is 11.4. The molecule has 0 spiro atoms. The first-order chi connectivity index (χ1) is 9.71. The van der Waals surface area contributed by atoms with Crippen LogP contribution in [0, 0.1) is 0 Å². The Morgan fingerprint density at radius 3 is 2.60 bits per heavy atom. The Morgan fingerprint density at radius 1 is 1.35 bits per heavy atom. The molecule has 0 aliphatic rings. The molecule has 1 atom stereocenters. The van der Waals surface area contributed by atoms with E-state index in [-0.39, 0.29) is 5.91 Å². The van der Waals surface area contributed by atoms with Gasteiger partial charge >= 0.3 is 0 Å². The van der Waals surface area contributed by atoms with Gasteiger partial charge < -0.3 is 21.1 Å². The molecule has 1 unspecified atom stereocenters. The minimum Gasteiger partial charge on any atom is -0.383 e. The number of amides is 1. The van der Waals surface area contributed by atoms with Crippen LogP contribution in [0.2, 0.25) is 0 Å². The van der Waals surface area contributed by atoms with Crippen molar-refractivity contribution < 1.29 is 9.53 Å². The predicted octanol–water partition coefficient (Wildman–Crippen LogP) is 0.890. The number of hydrogen-bond acceptors (Lipinski definition) is 4. The average Bonchev–Trinajstić information content (AvgIpc) is 2.49. The molecule has 0 aromatic heterocycles. The number of rotatable bonds is 9. The third-order valence-corrected chi connectivity index (χ3v) is 3.16. The molecule has 112 valence electrons. The van der Waals surface area contributed by atoms with E-state index in [0.29, 0.717) is 24.8 Å². The van der Waals surface area contributed by atoms with Crippen LogP contribution in [0.1, 0.15) is 28.8 Å². The number of ether oxygens (including phenoxy) is 1. The Bertz CT molecular complexity index is 393. The van der Waals surface area contributed by atoms with Crippen LogP contribution in [0.15, 0.2) is 24.3 Å². The first kappa shape index (κ1) is 16.6. The lowest BCUT2D eigenvalue weighted by Gasteiger charge is -2.17. The van der Waals surface area contributed by atoms with Crippen molar-refractivity contribution in [2.75, 3.05) is 27.3 Å². The molecule has 20 heavy (non-hydrogen) atoms. The molecular weight excluding hydrogens is 254 g/mol. The molecule has 0 aliphatic heterocycles. The number of nitrogens with two attached hydrogens (primary N) is 1. The molecule has 0 saturated carbocycles. The van der Waals surface area contributed by atoms with E-state index in [2.05, 4.69) is 10.6 Å². The Balaban J connectivity index is 2.48. The molecule has 0 heterocycles. The van der Waals surface area contributed by atoms with E-state index < -0.39 is 0 Å². The van der Waals surface area contributed by atoms with Gasteiger partial charge in [0.1, 0.15) is 0 Å². The van der Waals surface area contributed by atoms with Crippen molar-refractivity contribution in [1.29, 1.82) is 0 Å². The standard InChI is InChI=1S/C15H25N3O2/c1-17-15(19)13-7-5-12(6-8-13)10-18-14(11-20-2)4-3-9-16/h5-8,14,18H,3-4,9-11,16H2,1-2H3,(H,17,19). The van der Waals surface area contributed by atoms with Crippen LogP contribution in [-0.4, -0.2) is 39.3 Å². The first-order valence-corrected chi connectivity index (χ1v) is 6.94. The fraction of sp³-hybridized carbons (Fsp3) is 0.533. The van der Waals surface area contributed by atoms with Crippen LogP contribution in [0.25, 0.3) is 0 Å². The Kier molecular flexibility index (Phi) is 7.87. The van der Waals surface area contributed by atoms with Gasteiger partial charge in [-0.1, -0.05) is 12.1 Å². The molecule has 0 radical (unpaired) electrons. The van der Waals surface area contributed by atoms with Crippen LogP contribution in [-0.2, 0) is 11.3 Å². The normalized spacial score (nSPS) is 12.2. The van der Waals surface area contributed by atoms with Crippen LogP contribution in [0.5, 0.6) is 0 Å². The summed E-state index contributed by atoms with van der Waals surface area (Å²) in [6, 6.07) is 7.90. The summed E-state index contributed by atoms with van der Waals surface area (Å²) in [5.74, 6) is -0.0651. The van der Waals surface area contributed by atoms with Gasteiger partial charge in [-0.25, -0.2) is 0 Å². The first-order valence-electron chi connectivity index (χ1n) is 6.94. The summed E-state index contributed by atoms with van der Waals surface area (Å²) in [6.45, 7) is 2.13. The van der Waals surface area contributed by atoms with Gasteiger partial charge in [0.2, 0.25) is 0 Å². The molecule has 0 fully saturated rings. The van der Waals surface area contributed by atoms with E-state index in [0.717, 1.165) is 24.9 Å². The molecule has 0 saturated heterocycles. The highest BCUT2D eigenvalue weighted by molar-refractivity contribution is 5.93. The average molecular weight is 279 g/mol. The molecule has 0 aliphatic carbocycles. The maximum absolute atomic E-state index is 11.4. The monoisotopic (exact) mass is 279 g/mol. The maximum Gasteiger partial charge on any atom is 0.251 e. The minimum atomic E-state index is -0.0651. The van der Waals surface area contributed by atoms with E-state index >= 15 is 0 Å². The zero-order valence-electron chi connectivity index (χ0n) is 12.3. The van der Waals surface area contributed by atoms with Crippen molar-refractivity contribution in [3.05, 3.63) is 35.4 Å². The van der Waals surface area contributed by atoms with E-state index in [4.69, 9.17) is 10.5 Å². The molecule has 1 amide bonds. The van der Waals surface area contributed by atoms with Crippen LogP contribution >= 0.6 is 0 Å². The highest BCUT2D eigenvalue weighted by Crippen LogP contribution is 2.06. The highest BCUT2D eigenvalue weighted by atomic mass is 16.5. The van der Waals surface area contributed by atoms with Crippen molar-refractivity contribution in [1.82, 2.24) is 10.6 Å². The highest BCUT2D eigenvalue weighted by Gasteiger charge is 2.08. The van der Waals surface area contributed by atoms with E-state index in [9.17, 15) is 4.79 Å². The molecule has 0 bridgehead atoms. The zero-order valence-corrected chi connectivity index (χ0v) is 12.3. The van der Waals surface area contributed by atoms with Gasteiger partial charge in [-0.3, -0.25) is 4.79 Å². The molecule has 1 aromatic rings. The molecule has 1 rings (SSSR count). The Labute approximate surface area is 120 Å². The summed E-state index contributed by atoms with van der Waals surface area (Å²) in [7, 11) is 3.33. The topological polar surface area (TPSA) is 76.4 Å². The lowest BCUT2D eigenvalue weighted by molar-refractivity contribution is 0.0963. The van der Waals surface area contributed by atoms with Crippen molar-refractivity contribution in [2.24, 2.45) is 5.73 Å². The van der Waals surface area contributed by atoms with E-state index in [1.165, 1.54) is 0 Å². The van der Waals surface area contributed by atoms with Crippen molar-refractivity contribution in [2.45, 2.75) is 25.4 Å². The summed E-state index contributed by atoms with van der Waals surface area (Å²) >= 11 is 0. The largest absolute Gasteiger partial charge is 0.383 e. The Morgan fingerprint density at radius 2 is 2.05 bits per heavy atom. The molecule has 1 aromatic carbocycles. The second kappa shape index (κ2) is 9.47.